The summed E-state index contributed by atoms with van der Waals surface area (Å²) in [6.45, 7) is 1.88. The number of nitrogens with one attached hydrogen (secondary N) is 1. The van der Waals surface area contributed by atoms with E-state index in [-0.39, 0.29) is 27.8 Å². The van der Waals surface area contributed by atoms with Crippen LogP contribution in [0, 0.1) is 12.7 Å². The Balaban J connectivity index is 1.85. The van der Waals surface area contributed by atoms with Gasteiger partial charge in [-0.1, -0.05) is 33.6 Å². The number of sulfone groups is 1. The van der Waals surface area contributed by atoms with Crippen molar-refractivity contribution < 1.29 is 17.6 Å². The summed E-state index contributed by atoms with van der Waals surface area (Å²) < 4.78 is 41.4. The first-order valence-electron chi connectivity index (χ1n) is 8.45. The number of amides is 1. The average Bonchev–Trinajstić information content (AvgIpc) is 3.08. The van der Waals surface area contributed by atoms with Gasteiger partial charge in [-0.15, -0.1) is 11.3 Å². The molecular weight excluding hydrogens is 465 g/mol. The molecule has 0 aliphatic carbocycles. The summed E-state index contributed by atoms with van der Waals surface area (Å²) in [7, 11) is -3.81. The first-order valence-corrected chi connectivity index (χ1v) is 11.6. The zero-order valence-corrected chi connectivity index (χ0v) is 17.9. The normalized spacial score (nSPS) is 16.5. The second kappa shape index (κ2) is 7.09. The van der Waals surface area contributed by atoms with Gasteiger partial charge in [-0.25, -0.2) is 12.8 Å². The second-order valence-electron chi connectivity index (χ2n) is 6.63. The molecule has 0 saturated carbocycles. The van der Waals surface area contributed by atoms with Gasteiger partial charge in [-0.2, -0.15) is 0 Å². The van der Waals surface area contributed by atoms with Gasteiger partial charge in [0.25, 0.3) is 0 Å². The van der Waals surface area contributed by atoms with Crippen molar-refractivity contribution in [3.05, 3.63) is 74.1 Å². The van der Waals surface area contributed by atoms with Crippen molar-refractivity contribution in [3.63, 3.8) is 0 Å². The molecule has 0 bridgehead atoms. The molecule has 1 unspecified atom stereocenters. The molecule has 2 aromatic carbocycles. The third-order valence-corrected chi connectivity index (χ3v) is 8.24. The zero-order valence-electron chi connectivity index (χ0n) is 14.7. The molecule has 1 aromatic heterocycles. The molecule has 0 spiro atoms. The number of halogens is 2. The van der Waals surface area contributed by atoms with Gasteiger partial charge in [0.15, 0.2) is 0 Å². The minimum Gasteiger partial charge on any atom is -0.324 e. The van der Waals surface area contributed by atoms with Crippen LogP contribution in [0.25, 0.3) is 0 Å². The predicted molar refractivity (Wildman–Crippen MR) is 110 cm³/mol. The van der Waals surface area contributed by atoms with Crippen LogP contribution in [0.2, 0.25) is 0 Å². The van der Waals surface area contributed by atoms with E-state index in [1.807, 2.05) is 6.92 Å². The quantitative estimate of drug-likeness (QED) is 0.556. The van der Waals surface area contributed by atoms with Gasteiger partial charge in [0.1, 0.15) is 10.7 Å². The largest absolute Gasteiger partial charge is 0.324 e. The van der Waals surface area contributed by atoms with Gasteiger partial charge < -0.3 is 5.32 Å². The second-order valence-corrected chi connectivity index (χ2v) is 10.4. The fraction of sp³-hybridized carbons (Fsp3) is 0.150. The van der Waals surface area contributed by atoms with E-state index in [0.717, 1.165) is 5.56 Å². The summed E-state index contributed by atoms with van der Waals surface area (Å²) in [6.07, 6.45) is 0.0604. The first-order chi connectivity index (χ1) is 13.3. The van der Waals surface area contributed by atoms with Crippen LogP contribution in [-0.4, -0.2) is 14.3 Å². The molecule has 1 N–H and O–H groups in total. The number of fused-ring (bicyclic) bond motifs is 1. The Morgan fingerprint density at radius 2 is 1.89 bits per heavy atom. The highest BCUT2D eigenvalue weighted by molar-refractivity contribution is 9.10. The number of hydrogen-bond acceptors (Lipinski definition) is 4. The molecular formula is C20H15BrFNO3S2. The molecule has 1 aliphatic rings. The third-order valence-electron chi connectivity index (χ3n) is 4.71. The summed E-state index contributed by atoms with van der Waals surface area (Å²) in [5, 5.41) is 4.21. The molecule has 4 nitrogen and oxygen atoms in total. The maximum absolute atomic E-state index is 14.5. The fourth-order valence-corrected chi connectivity index (χ4v) is 6.56. The highest BCUT2D eigenvalue weighted by Crippen LogP contribution is 2.46. The van der Waals surface area contributed by atoms with Gasteiger partial charge in [0, 0.05) is 27.1 Å². The van der Waals surface area contributed by atoms with Crippen molar-refractivity contribution in [2.45, 2.75) is 29.1 Å². The van der Waals surface area contributed by atoms with E-state index in [1.165, 1.54) is 22.8 Å². The molecule has 1 amide bonds. The minimum atomic E-state index is -3.81. The Bertz CT molecular complexity index is 1190. The molecule has 28 heavy (non-hydrogen) atoms. The van der Waals surface area contributed by atoms with Crippen molar-refractivity contribution in [1.82, 2.24) is 0 Å². The highest BCUT2D eigenvalue weighted by atomic mass is 79.9. The average molecular weight is 480 g/mol. The van der Waals surface area contributed by atoms with Crippen LogP contribution in [0.5, 0.6) is 0 Å². The van der Waals surface area contributed by atoms with Crippen molar-refractivity contribution in [2.75, 3.05) is 5.32 Å². The first kappa shape index (κ1) is 19.3. The lowest BCUT2D eigenvalue weighted by Crippen LogP contribution is -2.24. The number of aryl methyl sites for hydroxylation is 1. The standard InChI is InChI=1S/C20H15BrFNO3S2/c1-11-2-5-13(6-3-11)28(25,26)17-10-27-20-15(9-18(24)23-19(17)20)14-8-12(21)4-7-16(14)22/h2-8,10,15H,9H2,1H3,(H,23,24). The van der Waals surface area contributed by atoms with Gasteiger partial charge in [0.2, 0.25) is 15.7 Å². The lowest BCUT2D eigenvalue weighted by atomic mass is 9.90. The van der Waals surface area contributed by atoms with Gasteiger partial charge in [0.05, 0.1) is 10.6 Å². The number of carbonyl (C=O) groups is 1. The maximum atomic E-state index is 14.5. The number of benzene rings is 2. The number of thiophene rings is 1. The Hall–Kier alpha value is -2.03. The summed E-state index contributed by atoms with van der Waals surface area (Å²) in [6, 6.07) is 11.1. The Morgan fingerprint density at radius 3 is 2.61 bits per heavy atom. The van der Waals surface area contributed by atoms with Crippen LogP contribution in [0.1, 0.15) is 28.3 Å². The SMILES string of the molecule is Cc1ccc(S(=O)(=O)c2csc3c2NC(=O)CC3c2cc(Br)ccc2F)cc1. The van der Waals surface area contributed by atoms with Gasteiger partial charge >= 0.3 is 0 Å². The van der Waals surface area contributed by atoms with Crippen LogP contribution < -0.4 is 5.32 Å². The Labute approximate surface area is 174 Å². The smallest absolute Gasteiger partial charge is 0.225 e. The van der Waals surface area contributed by atoms with Crippen LogP contribution in [0.4, 0.5) is 10.1 Å². The van der Waals surface area contributed by atoms with Gasteiger partial charge in [-0.05, 0) is 42.8 Å². The number of carbonyl (C=O) groups excluding carboxylic acids is 1. The van der Waals surface area contributed by atoms with E-state index in [9.17, 15) is 17.6 Å². The predicted octanol–water partition coefficient (Wildman–Crippen LogP) is 5.27. The summed E-state index contributed by atoms with van der Waals surface area (Å²) in [5.41, 5.74) is 1.57. The summed E-state index contributed by atoms with van der Waals surface area (Å²) >= 11 is 4.55. The van der Waals surface area contributed by atoms with Crippen LogP contribution in [-0.2, 0) is 14.6 Å². The van der Waals surface area contributed by atoms with Crippen molar-refractivity contribution >= 4 is 48.7 Å². The fourth-order valence-electron chi connectivity index (χ4n) is 3.28. The highest BCUT2D eigenvalue weighted by Gasteiger charge is 2.35. The molecule has 1 aliphatic heterocycles. The van der Waals surface area contributed by atoms with E-state index in [1.54, 1.807) is 36.4 Å². The molecule has 2 heterocycles. The summed E-state index contributed by atoms with van der Waals surface area (Å²) in [4.78, 5) is 13.2. The lowest BCUT2D eigenvalue weighted by Gasteiger charge is -2.24. The zero-order chi connectivity index (χ0) is 20.1. The molecule has 144 valence electrons. The van der Waals surface area contributed by atoms with Crippen LogP contribution in [0.15, 0.2) is 62.1 Å². The van der Waals surface area contributed by atoms with Gasteiger partial charge in [-0.3, -0.25) is 4.79 Å². The molecule has 0 radical (unpaired) electrons. The Kier molecular flexibility index (Phi) is 4.89. The van der Waals surface area contributed by atoms with Crippen LogP contribution in [0.3, 0.4) is 0 Å². The van der Waals surface area contributed by atoms with Crippen LogP contribution >= 0.6 is 27.3 Å². The monoisotopic (exact) mass is 479 g/mol. The van der Waals surface area contributed by atoms with Crippen molar-refractivity contribution in [2.24, 2.45) is 0 Å². The molecule has 0 saturated heterocycles. The van der Waals surface area contributed by atoms with Crippen molar-refractivity contribution in [3.8, 4) is 0 Å². The number of anilines is 1. The maximum Gasteiger partial charge on any atom is 0.225 e. The molecule has 1 atom stereocenters. The molecule has 3 aromatic rings. The van der Waals surface area contributed by atoms with E-state index in [2.05, 4.69) is 21.2 Å². The van der Waals surface area contributed by atoms with E-state index < -0.39 is 21.6 Å². The molecule has 0 fully saturated rings. The number of rotatable bonds is 3. The molecule has 8 heteroatoms. The molecule has 4 rings (SSSR count). The minimum absolute atomic E-state index is 0.0461. The third kappa shape index (κ3) is 3.29. The van der Waals surface area contributed by atoms with E-state index in [0.29, 0.717) is 14.9 Å². The van der Waals surface area contributed by atoms with E-state index in [4.69, 9.17) is 0 Å². The van der Waals surface area contributed by atoms with E-state index >= 15 is 0 Å². The number of hydrogen-bond donors (Lipinski definition) is 1. The van der Waals surface area contributed by atoms with Crippen molar-refractivity contribution in [1.29, 1.82) is 0 Å². The summed E-state index contributed by atoms with van der Waals surface area (Å²) in [5.74, 6) is -1.30. The lowest BCUT2D eigenvalue weighted by molar-refractivity contribution is -0.116. The topological polar surface area (TPSA) is 63.2 Å². The Morgan fingerprint density at radius 1 is 1.18 bits per heavy atom.